The van der Waals surface area contributed by atoms with Gasteiger partial charge < -0.3 is 15.0 Å². The molecule has 2 atom stereocenters. The molecule has 0 bridgehead atoms. The fourth-order valence-corrected chi connectivity index (χ4v) is 3.13. The van der Waals surface area contributed by atoms with Crippen LogP contribution in [0.25, 0.3) is 0 Å². The Morgan fingerprint density at radius 3 is 2.86 bits per heavy atom. The van der Waals surface area contributed by atoms with E-state index in [-0.39, 0.29) is 12.8 Å². The molecule has 2 unspecified atom stereocenters. The molecular formula is C13H18Cl2N2O4P+. The maximum atomic E-state index is 11.2. The average Bonchev–Trinajstić information content (AvgIpc) is 2.47. The number of ether oxygens (including phenoxy) is 1. The zero-order valence-electron chi connectivity index (χ0n) is 11.9. The summed E-state index contributed by atoms with van der Waals surface area (Å²) in [6.45, 7) is 0.796. The zero-order chi connectivity index (χ0) is 16.2. The normalized spacial score (nSPS) is 22.5. The number of nitrogens with two attached hydrogens (primary N) is 1. The van der Waals surface area contributed by atoms with Gasteiger partial charge in [-0.3, -0.25) is 9.36 Å². The van der Waals surface area contributed by atoms with Gasteiger partial charge in [-0.15, -0.1) is 0 Å². The van der Waals surface area contributed by atoms with E-state index in [0.717, 1.165) is 12.8 Å². The maximum Gasteiger partial charge on any atom is 0.380 e. The molecule has 1 amide bonds. The third-order valence-electron chi connectivity index (χ3n) is 3.55. The second kappa shape index (κ2) is 7.75. The Balaban J connectivity index is 1.83. The number of rotatable bonds is 6. The first kappa shape index (κ1) is 17.7. The molecular weight excluding hydrogens is 350 g/mol. The summed E-state index contributed by atoms with van der Waals surface area (Å²) in [7, 11) is 0. The highest BCUT2D eigenvalue weighted by atomic mass is 35.9. The van der Waals surface area contributed by atoms with Gasteiger partial charge in [0.1, 0.15) is 5.56 Å². The van der Waals surface area contributed by atoms with Crippen molar-refractivity contribution in [2.24, 2.45) is 11.7 Å². The van der Waals surface area contributed by atoms with E-state index in [1.165, 1.54) is 0 Å². The van der Waals surface area contributed by atoms with Crippen molar-refractivity contribution >= 4 is 34.5 Å². The van der Waals surface area contributed by atoms with E-state index in [2.05, 4.69) is 0 Å². The molecule has 0 radical (unpaired) electrons. The minimum Gasteiger partial charge on any atom is -0.365 e. The molecule has 122 valence electrons. The van der Waals surface area contributed by atoms with E-state index >= 15 is 0 Å². The summed E-state index contributed by atoms with van der Waals surface area (Å²) in [5.74, 6) is -0.164. The molecule has 0 saturated carbocycles. The third kappa shape index (κ3) is 5.52. The van der Waals surface area contributed by atoms with Crippen molar-refractivity contribution < 1.29 is 23.2 Å². The molecule has 2 heterocycles. The van der Waals surface area contributed by atoms with Crippen molar-refractivity contribution in [3.63, 3.8) is 0 Å². The van der Waals surface area contributed by atoms with Gasteiger partial charge >= 0.3 is 6.07 Å². The van der Waals surface area contributed by atoms with Crippen LogP contribution in [0, 0.1) is 5.92 Å². The number of aromatic nitrogens is 1. The number of halogens is 2. The SMILES string of the molecule is NC(=O)c1ccc[n+](C2CCC(CCOP(=O)(Cl)Cl)CO2)c1. The van der Waals surface area contributed by atoms with E-state index in [0.29, 0.717) is 24.5 Å². The Morgan fingerprint density at radius 2 is 2.27 bits per heavy atom. The first-order valence-electron chi connectivity index (χ1n) is 6.91. The van der Waals surface area contributed by atoms with E-state index in [1.54, 1.807) is 18.3 Å². The van der Waals surface area contributed by atoms with Crippen LogP contribution in [0.2, 0.25) is 0 Å². The first-order valence-corrected chi connectivity index (χ1v) is 10.3. The molecule has 1 aliphatic rings. The highest BCUT2D eigenvalue weighted by Gasteiger charge is 2.28. The van der Waals surface area contributed by atoms with Gasteiger partial charge in [0.2, 0.25) is 0 Å². The fourth-order valence-electron chi connectivity index (χ4n) is 2.40. The lowest BCUT2D eigenvalue weighted by Gasteiger charge is -2.25. The minimum absolute atomic E-state index is 0.122. The van der Waals surface area contributed by atoms with Gasteiger partial charge in [0, 0.05) is 12.5 Å². The highest BCUT2D eigenvalue weighted by Crippen LogP contribution is 2.57. The third-order valence-corrected chi connectivity index (χ3v) is 4.62. The Hall–Kier alpha value is -0.650. The number of pyridine rings is 1. The molecule has 1 saturated heterocycles. The number of carbonyl (C=O) groups excluding carboxylic acids is 1. The Labute approximate surface area is 138 Å². The molecule has 1 aliphatic heterocycles. The van der Waals surface area contributed by atoms with Gasteiger partial charge in [0.05, 0.1) is 13.2 Å². The Bertz CT molecular complexity index is 573. The number of carbonyl (C=O) groups is 1. The van der Waals surface area contributed by atoms with Crippen molar-refractivity contribution in [3.05, 3.63) is 30.1 Å². The fraction of sp³-hybridized carbons (Fsp3) is 0.538. The van der Waals surface area contributed by atoms with E-state index in [9.17, 15) is 9.36 Å². The van der Waals surface area contributed by atoms with Crippen LogP contribution < -0.4 is 10.3 Å². The second-order valence-corrected chi connectivity index (χ2v) is 9.45. The summed E-state index contributed by atoms with van der Waals surface area (Å²) in [5, 5.41) is 0. The smallest absolute Gasteiger partial charge is 0.365 e. The number of hydrogen-bond donors (Lipinski definition) is 1. The van der Waals surface area contributed by atoms with Crippen LogP contribution in [0.15, 0.2) is 24.5 Å². The molecule has 0 aliphatic carbocycles. The van der Waals surface area contributed by atoms with Gasteiger partial charge in [0.25, 0.3) is 12.1 Å². The van der Waals surface area contributed by atoms with E-state index in [4.69, 9.17) is 37.5 Å². The number of primary amides is 1. The summed E-state index contributed by atoms with van der Waals surface area (Å²) >= 11 is 10.6. The molecule has 2 rings (SSSR count). The highest BCUT2D eigenvalue weighted by molar-refractivity contribution is 8.05. The van der Waals surface area contributed by atoms with Gasteiger partial charge in [-0.2, -0.15) is 4.57 Å². The molecule has 1 aromatic rings. The van der Waals surface area contributed by atoms with Crippen LogP contribution in [0.1, 0.15) is 35.8 Å². The molecule has 1 fully saturated rings. The zero-order valence-corrected chi connectivity index (χ0v) is 14.3. The predicted molar refractivity (Wildman–Crippen MR) is 82.7 cm³/mol. The molecule has 6 nitrogen and oxygen atoms in total. The molecule has 2 N–H and O–H groups in total. The lowest BCUT2D eigenvalue weighted by atomic mass is 9.98. The van der Waals surface area contributed by atoms with Crippen molar-refractivity contribution in [1.29, 1.82) is 0 Å². The molecule has 0 spiro atoms. The quantitative estimate of drug-likeness (QED) is 0.618. The Kier molecular flexibility index (Phi) is 6.24. The second-order valence-electron chi connectivity index (χ2n) is 5.17. The van der Waals surface area contributed by atoms with Gasteiger partial charge in [-0.1, -0.05) is 0 Å². The van der Waals surface area contributed by atoms with Crippen LogP contribution in [-0.2, 0) is 13.8 Å². The van der Waals surface area contributed by atoms with Gasteiger partial charge in [-0.25, -0.2) is 0 Å². The van der Waals surface area contributed by atoms with E-state index < -0.39 is 12.0 Å². The standard InChI is InChI=1S/C13H17Cl2N2O4P/c14-22(15,19)21-7-5-10-3-4-12(20-9-10)17-6-1-2-11(8-17)13(16)18/h1-2,6,8,10,12H,3-5,7,9H2,(H-,16,18)/p+1. The number of amides is 1. The van der Waals surface area contributed by atoms with Crippen LogP contribution in [0.4, 0.5) is 0 Å². The molecule has 0 aromatic carbocycles. The average molecular weight is 368 g/mol. The molecule has 9 heteroatoms. The summed E-state index contributed by atoms with van der Waals surface area (Å²) in [4.78, 5) is 11.2. The summed E-state index contributed by atoms with van der Waals surface area (Å²) in [5.41, 5.74) is 5.72. The van der Waals surface area contributed by atoms with Crippen molar-refractivity contribution in [2.75, 3.05) is 13.2 Å². The minimum atomic E-state index is -3.45. The number of hydrogen-bond acceptors (Lipinski definition) is 4. The first-order chi connectivity index (χ1) is 10.3. The van der Waals surface area contributed by atoms with Crippen molar-refractivity contribution in [1.82, 2.24) is 0 Å². The number of nitrogens with zero attached hydrogens (tertiary/aromatic N) is 1. The van der Waals surface area contributed by atoms with Crippen LogP contribution in [-0.4, -0.2) is 19.1 Å². The summed E-state index contributed by atoms with van der Waals surface area (Å²) < 4.78 is 23.5. The topological polar surface area (TPSA) is 82.5 Å². The van der Waals surface area contributed by atoms with Crippen molar-refractivity contribution in [3.8, 4) is 0 Å². The predicted octanol–water partition coefficient (Wildman–Crippen LogP) is 2.99. The van der Waals surface area contributed by atoms with Crippen molar-refractivity contribution in [2.45, 2.75) is 25.5 Å². The lowest BCUT2D eigenvalue weighted by molar-refractivity contribution is -0.766. The Morgan fingerprint density at radius 1 is 1.50 bits per heavy atom. The summed E-state index contributed by atoms with van der Waals surface area (Å²) in [6.07, 6.45) is 2.37. The molecule has 22 heavy (non-hydrogen) atoms. The van der Waals surface area contributed by atoms with Crippen LogP contribution >= 0.6 is 28.6 Å². The lowest BCUT2D eigenvalue weighted by Crippen LogP contribution is -2.44. The summed E-state index contributed by atoms with van der Waals surface area (Å²) in [6, 6.07) is 3.43. The van der Waals surface area contributed by atoms with E-state index in [1.807, 2.05) is 10.8 Å². The van der Waals surface area contributed by atoms with Gasteiger partial charge in [-0.05, 0) is 47.3 Å². The van der Waals surface area contributed by atoms with Crippen LogP contribution in [0.5, 0.6) is 0 Å². The maximum absolute atomic E-state index is 11.2. The van der Waals surface area contributed by atoms with Gasteiger partial charge in [0.15, 0.2) is 12.4 Å². The monoisotopic (exact) mass is 367 g/mol. The van der Waals surface area contributed by atoms with Crippen LogP contribution in [0.3, 0.4) is 0 Å². The largest absolute Gasteiger partial charge is 0.380 e. The molecule has 1 aromatic heterocycles.